The Morgan fingerprint density at radius 1 is 0.333 bits per heavy atom. The molecule has 2 aromatic carbocycles. The SMILES string of the molecule is FC(F)(F)c1[c]c(C(F)(F)F)cc(C(F)(F)F)c1.FC(F)(F)c1[c]c(C(F)(F)F)cc(C(F)(F)F)c1.[F-].[F-].[Sn+2]. The predicted molar refractivity (Wildman–Crippen MR) is 86.3 cm³/mol. The third-order valence-corrected chi connectivity index (χ3v) is 3.61. The standard InChI is InChI=1S/2C9H2F9.2FH.Sn/c2*10-7(11,12)4-1-5(8(13,14)15)3-6(2-4)9(16,17)18;;;/h2*1-2H;2*1H;/q;;;;+2/p-2. The van der Waals surface area contributed by atoms with Crippen LogP contribution in [0.2, 0.25) is 0 Å². The van der Waals surface area contributed by atoms with Crippen molar-refractivity contribution < 1.29 is 88.4 Å². The van der Waals surface area contributed by atoms with Crippen molar-refractivity contribution in [3.05, 3.63) is 69.8 Å². The van der Waals surface area contributed by atoms with Crippen LogP contribution in [0.5, 0.6) is 0 Å². The van der Waals surface area contributed by atoms with E-state index in [0.29, 0.717) is 0 Å². The fraction of sp³-hybridized carbons (Fsp3) is 0.333. The quantitative estimate of drug-likeness (QED) is 0.291. The molecule has 2 rings (SSSR count). The van der Waals surface area contributed by atoms with Gasteiger partial charge in [0.1, 0.15) is 0 Å². The van der Waals surface area contributed by atoms with Crippen LogP contribution < -0.4 is 9.41 Å². The zero-order valence-electron chi connectivity index (χ0n) is 17.4. The first-order valence-electron chi connectivity index (χ1n) is 8.21. The Labute approximate surface area is 219 Å². The molecule has 0 nitrogen and oxygen atoms in total. The molecule has 0 aliphatic rings. The normalized spacial score (nSPS) is 12.8. The van der Waals surface area contributed by atoms with Crippen LogP contribution in [-0.4, -0.2) is 23.9 Å². The molecule has 0 fully saturated rings. The van der Waals surface area contributed by atoms with Crippen LogP contribution in [0.15, 0.2) is 24.3 Å². The molecule has 21 heteroatoms. The van der Waals surface area contributed by atoms with Crippen LogP contribution >= 0.6 is 0 Å². The van der Waals surface area contributed by atoms with Crippen molar-refractivity contribution >= 4 is 23.9 Å². The summed E-state index contributed by atoms with van der Waals surface area (Å²) < 4.78 is 219. The second-order valence-corrected chi connectivity index (χ2v) is 6.38. The molecule has 0 aromatic heterocycles. The van der Waals surface area contributed by atoms with Crippen molar-refractivity contribution in [3.63, 3.8) is 0 Å². The van der Waals surface area contributed by atoms with Gasteiger partial charge in [-0.25, -0.2) is 0 Å². The van der Waals surface area contributed by atoms with E-state index in [9.17, 15) is 79.0 Å². The van der Waals surface area contributed by atoms with Gasteiger partial charge in [0.05, 0.1) is 33.4 Å². The van der Waals surface area contributed by atoms with E-state index in [0.717, 1.165) is 12.1 Å². The molecular formula is C18H4F20Sn. The first-order chi connectivity index (χ1) is 15.6. The molecule has 0 aliphatic heterocycles. The minimum Gasteiger partial charge on any atom is -1.00 e. The fourth-order valence-electron chi connectivity index (χ4n) is 2.08. The molecule has 0 atom stereocenters. The Morgan fingerprint density at radius 3 is 0.590 bits per heavy atom. The number of alkyl halides is 18. The van der Waals surface area contributed by atoms with E-state index in [1.54, 1.807) is 0 Å². The predicted octanol–water partition coefficient (Wildman–Crippen LogP) is 2.71. The fourth-order valence-corrected chi connectivity index (χ4v) is 2.08. The van der Waals surface area contributed by atoms with Crippen LogP contribution in [0.3, 0.4) is 0 Å². The number of rotatable bonds is 0. The van der Waals surface area contributed by atoms with E-state index in [2.05, 4.69) is 0 Å². The molecular weight excluding hydrogens is 715 g/mol. The largest absolute Gasteiger partial charge is 2.00 e. The topological polar surface area (TPSA) is 0 Å². The molecule has 0 saturated heterocycles. The molecule has 4 radical (unpaired) electrons. The maximum atomic E-state index is 12.2. The molecule has 0 aliphatic carbocycles. The van der Waals surface area contributed by atoms with Gasteiger partial charge in [-0.15, -0.1) is 0 Å². The number of halogens is 20. The minimum absolute atomic E-state index is 0. The zero-order chi connectivity index (χ0) is 28.7. The van der Waals surface area contributed by atoms with Crippen molar-refractivity contribution in [2.75, 3.05) is 0 Å². The van der Waals surface area contributed by atoms with Crippen LogP contribution in [0, 0.1) is 12.1 Å². The van der Waals surface area contributed by atoms with Crippen LogP contribution in [0.4, 0.5) is 79.0 Å². The van der Waals surface area contributed by atoms with Gasteiger partial charge < -0.3 is 9.41 Å². The Hall–Kier alpha value is -2.16. The summed E-state index contributed by atoms with van der Waals surface area (Å²) in [5.41, 5.74) is -12.5. The van der Waals surface area contributed by atoms with E-state index in [4.69, 9.17) is 0 Å². The van der Waals surface area contributed by atoms with Crippen LogP contribution in [0.25, 0.3) is 0 Å². The molecule has 0 bridgehead atoms. The molecule has 220 valence electrons. The van der Waals surface area contributed by atoms with Crippen molar-refractivity contribution in [1.29, 1.82) is 0 Å². The van der Waals surface area contributed by atoms with Gasteiger partial charge in [0.15, 0.2) is 0 Å². The average molecular weight is 719 g/mol. The Kier molecular flexibility index (Phi) is 13.8. The van der Waals surface area contributed by atoms with Gasteiger partial charge in [-0.2, -0.15) is 79.0 Å². The summed E-state index contributed by atoms with van der Waals surface area (Å²) in [4.78, 5) is 0. The van der Waals surface area contributed by atoms with E-state index in [-0.39, 0.29) is 33.3 Å². The minimum atomic E-state index is -5.35. The molecule has 0 unspecified atom stereocenters. The smallest absolute Gasteiger partial charge is 1.00 e. The number of hydrogen-bond acceptors (Lipinski definition) is 0. The van der Waals surface area contributed by atoms with Gasteiger partial charge in [-0.1, -0.05) is 0 Å². The summed E-state index contributed by atoms with van der Waals surface area (Å²) in [5.74, 6) is 0. The van der Waals surface area contributed by atoms with Crippen LogP contribution in [-0.2, 0) is 37.1 Å². The number of benzene rings is 2. The van der Waals surface area contributed by atoms with E-state index in [1.165, 1.54) is 0 Å². The van der Waals surface area contributed by atoms with E-state index >= 15 is 0 Å². The molecule has 0 amide bonds. The summed E-state index contributed by atoms with van der Waals surface area (Å²) in [6.07, 6.45) is -32.0. The summed E-state index contributed by atoms with van der Waals surface area (Å²) in [6.45, 7) is 0. The van der Waals surface area contributed by atoms with Crippen molar-refractivity contribution in [3.8, 4) is 0 Å². The second kappa shape index (κ2) is 13.0. The summed E-state index contributed by atoms with van der Waals surface area (Å²) in [5, 5.41) is 0. The maximum Gasteiger partial charge on any atom is 2.00 e. The van der Waals surface area contributed by atoms with E-state index < -0.39 is 94.7 Å². The zero-order valence-corrected chi connectivity index (χ0v) is 20.2. The Balaban J connectivity index is -0.000000617. The van der Waals surface area contributed by atoms with Gasteiger partial charge in [0, 0.05) is 12.1 Å². The first-order valence-corrected chi connectivity index (χ1v) is 8.21. The molecule has 39 heavy (non-hydrogen) atoms. The summed E-state index contributed by atoms with van der Waals surface area (Å²) in [6, 6.07) is 0.0881. The third-order valence-electron chi connectivity index (χ3n) is 3.61. The number of hydrogen-bond donors (Lipinski definition) is 0. The third kappa shape index (κ3) is 12.3. The van der Waals surface area contributed by atoms with E-state index in [1.807, 2.05) is 0 Å². The van der Waals surface area contributed by atoms with Gasteiger partial charge >= 0.3 is 61.0 Å². The van der Waals surface area contributed by atoms with Gasteiger partial charge in [-0.3, -0.25) is 0 Å². The monoisotopic (exact) mass is 720 g/mol. The maximum absolute atomic E-state index is 12.2. The Bertz CT molecular complexity index is 806. The molecule has 2 aromatic rings. The molecule has 0 saturated carbocycles. The average Bonchev–Trinajstić information content (AvgIpc) is 2.63. The summed E-state index contributed by atoms with van der Waals surface area (Å²) >= 11 is 0. The molecule has 0 spiro atoms. The second-order valence-electron chi connectivity index (χ2n) is 6.38. The molecule has 0 heterocycles. The molecule has 0 N–H and O–H groups in total. The summed E-state index contributed by atoms with van der Waals surface area (Å²) in [7, 11) is 0. The van der Waals surface area contributed by atoms with Crippen molar-refractivity contribution in [2.24, 2.45) is 0 Å². The first kappa shape index (κ1) is 41.3. The van der Waals surface area contributed by atoms with Gasteiger partial charge in [0.25, 0.3) is 0 Å². The Morgan fingerprint density at radius 2 is 0.487 bits per heavy atom. The van der Waals surface area contributed by atoms with Crippen LogP contribution in [0.1, 0.15) is 33.4 Å². The van der Waals surface area contributed by atoms with Gasteiger partial charge in [0.2, 0.25) is 0 Å². The van der Waals surface area contributed by atoms with Crippen molar-refractivity contribution in [2.45, 2.75) is 37.1 Å². The van der Waals surface area contributed by atoms with Crippen molar-refractivity contribution in [1.82, 2.24) is 0 Å². The van der Waals surface area contributed by atoms with Gasteiger partial charge in [-0.05, 0) is 24.3 Å².